The first-order chi connectivity index (χ1) is 25.7. The molecule has 4 saturated carbocycles. The van der Waals surface area contributed by atoms with Crippen LogP contribution in [0, 0.1) is 17.8 Å². The van der Waals surface area contributed by atoms with Crippen molar-refractivity contribution in [3.63, 3.8) is 0 Å². The Balaban J connectivity index is 0.966. The topological polar surface area (TPSA) is 3.24 Å². The largest absolute Gasteiger partial charge is 0.310 e. The van der Waals surface area contributed by atoms with Gasteiger partial charge in [-0.1, -0.05) is 113 Å². The third-order valence-corrected chi connectivity index (χ3v) is 14.6. The summed E-state index contributed by atoms with van der Waals surface area (Å²) in [5.41, 5.74) is 19.3. The van der Waals surface area contributed by atoms with Crippen LogP contribution in [-0.4, -0.2) is 0 Å². The molecular formula is C52H49N. The first-order valence-electron chi connectivity index (χ1n) is 20.2. The van der Waals surface area contributed by atoms with Crippen LogP contribution in [0.3, 0.4) is 0 Å². The fraction of sp³-hybridized carbons (Fsp3) is 0.308. The Morgan fingerprint density at radius 1 is 0.415 bits per heavy atom. The number of para-hydroxylation sites is 1. The summed E-state index contributed by atoms with van der Waals surface area (Å²) >= 11 is 0. The van der Waals surface area contributed by atoms with Gasteiger partial charge in [-0.15, -0.1) is 0 Å². The van der Waals surface area contributed by atoms with Crippen molar-refractivity contribution in [2.75, 3.05) is 4.90 Å². The molecule has 6 aliphatic carbocycles. The fourth-order valence-corrected chi connectivity index (χ4v) is 12.4. The summed E-state index contributed by atoms with van der Waals surface area (Å²) in [6.07, 6.45) is 8.67. The lowest BCUT2D eigenvalue weighted by atomic mass is 9.48. The van der Waals surface area contributed by atoms with E-state index >= 15 is 0 Å². The number of fused-ring (bicyclic) bond motifs is 6. The molecule has 1 heteroatoms. The summed E-state index contributed by atoms with van der Waals surface area (Å²) in [4.78, 5) is 2.47. The number of nitrogens with zero attached hydrogens (tertiary/aromatic N) is 1. The summed E-state index contributed by atoms with van der Waals surface area (Å²) in [7, 11) is 0. The molecule has 0 heterocycles. The van der Waals surface area contributed by atoms with Gasteiger partial charge in [0.25, 0.3) is 0 Å². The van der Waals surface area contributed by atoms with Gasteiger partial charge in [0.15, 0.2) is 0 Å². The predicted molar refractivity (Wildman–Crippen MR) is 222 cm³/mol. The monoisotopic (exact) mass is 687 g/mol. The van der Waals surface area contributed by atoms with E-state index in [-0.39, 0.29) is 10.8 Å². The molecule has 53 heavy (non-hydrogen) atoms. The van der Waals surface area contributed by atoms with Crippen molar-refractivity contribution in [2.24, 2.45) is 17.8 Å². The second kappa shape index (κ2) is 11.1. The zero-order valence-corrected chi connectivity index (χ0v) is 31.6. The molecule has 0 aliphatic heterocycles. The van der Waals surface area contributed by atoms with Crippen LogP contribution in [-0.2, 0) is 16.2 Å². The van der Waals surface area contributed by atoms with Crippen LogP contribution in [0.4, 0.5) is 17.1 Å². The highest BCUT2D eigenvalue weighted by Gasteiger charge is 2.51. The van der Waals surface area contributed by atoms with Crippen LogP contribution in [0.1, 0.15) is 94.0 Å². The second-order valence-corrected chi connectivity index (χ2v) is 18.5. The van der Waals surface area contributed by atoms with Crippen LogP contribution < -0.4 is 4.90 Å². The third-order valence-electron chi connectivity index (χ3n) is 14.6. The van der Waals surface area contributed by atoms with E-state index in [4.69, 9.17) is 0 Å². The Hall–Kier alpha value is -4.88. The maximum Gasteiger partial charge on any atom is 0.0465 e. The summed E-state index contributed by atoms with van der Waals surface area (Å²) in [6, 6.07) is 51.3. The molecule has 0 saturated heterocycles. The number of hydrogen-bond acceptors (Lipinski definition) is 1. The van der Waals surface area contributed by atoms with Crippen LogP contribution in [0.2, 0.25) is 0 Å². The second-order valence-electron chi connectivity index (χ2n) is 18.5. The molecule has 4 bridgehead atoms. The van der Waals surface area contributed by atoms with E-state index in [2.05, 4.69) is 166 Å². The van der Waals surface area contributed by atoms with Gasteiger partial charge in [-0.2, -0.15) is 0 Å². The molecule has 0 N–H and O–H groups in total. The van der Waals surface area contributed by atoms with E-state index in [1.165, 1.54) is 111 Å². The molecule has 6 aromatic rings. The van der Waals surface area contributed by atoms with Gasteiger partial charge < -0.3 is 4.90 Å². The lowest BCUT2D eigenvalue weighted by Crippen LogP contribution is -2.48. The molecule has 262 valence electrons. The molecule has 0 spiro atoms. The molecule has 0 atom stereocenters. The Morgan fingerprint density at radius 2 is 0.906 bits per heavy atom. The van der Waals surface area contributed by atoms with Crippen LogP contribution >= 0.6 is 0 Å². The van der Waals surface area contributed by atoms with E-state index < -0.39 is 0 Å². The number of anilines is 3. The van der Waals surface area contributed by atoms with Gasteiger partial charge in [0.1, 0.15) is 0 Å². The van der Waals surface area contributed by atoms with Gasteiger partial charge in [-0.05, 0) is 171 Å². The molecule has 12 rings (SSSR count). The predicted octanol–water partition coefficient (Wildman–Crippen LogP) is 13.9. The SMILES string of the molecule is CC1(C)c2ccccc2-c2cc(-c3ccc4c(c3)-c3ccc(N(c5ccccc5)c5ccc(C67CC8CC(CC(C8)C6)C7)cc5)cc3C4(C)C)ccc21. The molecule has 0 amide bonds. The maximum atomic E-state index is 2.49. The molecule has 0 unspecified atom stereocenters. The Morgan fingerprint density at radius 3 is 1.53 bits per heavy atom. The third kappa shape index (κ3) is 4.62. The Labute approximate surface area is 315 Å². The molecule has 0 aromatic heterocycles. The maximum absolute atomic E-state index is 2.49. The first-order valence-corrected chi connectivity index (χ1v) is 20.2. The van der Waals surface area contributed by atoms with Crippen molar-refractivity contribution in [2.45, 2.75) is 82.5 Å². The zero-order chi connectivity index (χ0) is 35.7. The van der Waals surface area contributed by atoms with E-state index in [0.29, 0.717) is 5.41 Å². The average Bonchev–Trinajstić information content (AvgIpc) is 3.54. The molecule has 1 nitrogen and oxygen atoms in total. The number of hydrogen-bond donors (Lipinski definition) is 0. The number of benzene rings is 6. The fourth-order valence-electron chi connectivity index (χ4n) is 12.4. The summed E-state index contributed by atoms with van der Waals surface area (Å²) in [5, 5.41) is 0. The quantitative estimate of drug-likeness (QED) is 0.174. The minimum Gasteiger partial charge on any atom is -0.310 e. The lowest BCUT2D eigenvalue weighted by molar-refractivity contribution is -0.00518. The van der Waals surface area contributed by atoms with Crippen LogP contribution in [0.15, 0.2) is 133 Å². The molecular weight excluding hydrogens is 639 g/mol. The normalized spacial score (nSPS) is 24.7. The summed E-state index contributed by atoms with van der Waals surface area (Å²) in [5.74, 6) is 2.86. The minimum absolute atomic E-state index is 0.0210. The zero-order valence-electron chi connectivity index (χ0n) is 31.6. The van der Waals surface area contributed by atoms with Crippen molar-refractivity contribution in [1.29, 1.82) is 0 Å². The lowest BCUT2D eigenvalue weighted by Gasteiger charge is -2.57. The first kappa shape index (κ1) is 31.6. The van der Waals surface area contributed by atoms with Crippen LogP contribution in [0.5, 0.6) is 0 Å². The van der Waals surface area contributed by atoms with Crippen molar-refractivity contribution in [3.05, 3.63) is 161 Å². The van der Waals surface area contributed by atoms with Gasteiger partial charge in [0.2, 0.25) is 0 Å². The van der Waals surface area contributed by atoms with E-state index in [1.807, 2.05) is 0 Å². The van der Waals surface area contributed by atoms with Gasteiger partial charge in [-0.3, -0.25) is 0 Å². The van der Waals surface area contributed by atoms with Crippen molar-refractivity contribution in [3.8, 4) is 33.4 Å². The van der Waals surface area contributed by atoms with Gasteiger partial charge in [0, 0.05) is 27.9 Å². The average molecular weight is 688 g/mol. The molecule has 6 aliphatic rings. The van der Waals surface area contributed by atoms with Gasteiger partial charge >= 0.3 is 0 Å². The van der Waals surface area contributed by atoms with Crippen LogP contribution in [0.25, 0.3) is 33.4 Å². The Bertz CT molecular complexity index is 2390. The standard InChI is InChI=1S/C52H49N/c1-50(2)46-13-9-8-12-42(46)44-27-36(14-22-47(44)50)37-15-23-48-45(28-37)43-21-20-41(29-49(43)51(48,3)4)53(39-10-6-5-7-11-39)40-18-16-38(17-19-40)52-30-33-24-34(31-52)26-35(25-33)32-52/h5-23,27-29,33-35H,24-26,30-32H2,1-4H3. The van der Waals surface area contributed by atoms with Crippen molar-refractivity contribution in [1.82, 2.24) is 0 Å². The smallest absolute Gasteiger partial charge is 0.0465 e. The highest BCUT2D eigenvalue weighted by molar-refractivity contribution is 5.89. The van der Waals surface area contributed by atoms with Gasteiger partial charge in [-0.25, -0.2) is 0 Å². The number of rotatable bonds is 5. The van der Waals surface area contributed by atoms with E-state index in [9.17, 15) is 0 Å². The Kier molecular flexibility index (Phi) is 6.61. The molecule has 4 fully saturated rings. The highest BCUT2D eigenvalue weighted by Crippen LogP contribution is 2.61. The van der Waals surface area contributed by atoms with Gasteiger partial charge in [0.05, 0.1) is 0 Å². The van der Waals surface area contributed by atoms with E-state index in [0.717, 1.165) is 17.8 Å². The molecule has 6 aromatic carbocycles. The van der Waals surface area contributed by atoms with Crippen molar-refractivity contribution >= 4 is 17.1 Å². The summed E-state index contributed by atoms with van der Waals surface area (Å²) < 4.78 is 0. The van der Waals surface area contributed by atoms with Crippen molar-refractivity contribution < 1.29 is 0 Å². The van der Waals surface area contributed by atoms with E-state index in [1.54, 1.807) is 5.56 Å². The summed E-state index contributed by atoms with van der Waals surface area (Å²) in [6.45, 7) is 9.53. The minimum atomic E-state index is -0.106. The highest BCUT2D eigenvalue weighted by atomic mass is 15.1. The molecule has 0 radical (unpaired) electrons.